The predicted octanol–water partition coefficient (Wildman–Crippen LogP) is 3.67. The minimum atomic E-state index is -0.195. The van der Waals surface area contributed by atoms with Crippen LogP contribution in [0.2, 0.25) is 10.0 Å². The number of benzene rings is 1. The molecule has 0 amide bonds. The van der Waals surface area contributed by atoms with Crippen molar-refractivity contribution in [3.8, 4) is 0 Å². The Kier molecular flexibility index (Phi) is 5.26. The van der Waals surface area contributed by atoms with Gasteiger partial charge >= 0.3 is 0 Å². The summed E-state index contributed by atoms with van der Waals surface area (Å²) in [5.74, 6) is 0.495. The Labute approximate surface area is 133 Å². The molecule has 0 saturated heterocycles. The van der Waals surface area contributed by atoms with Crippen LogP contribution in [0.1, 0.15) is 19.4 Å². The average molecular weight is 326 g/mol. The predicted molar refractivity (Wildman–Crippen MR) is 87.4 cm³/mol. The van der Waals surface area contributed by atoms with Gasteiger partial charge in [-0.15, -0.1) is 0 Å². The van der Waals surface area contributed by atoms with Crippen molar-refractivity contribution in [2.45, 2.75) is 20.4 Å². The molecule has 0 spiro atoms. The lowest BCUT2D eigenvalue weighted by molar-refractivity contribution is 0.637. The summed E-state index contributed by atoms with van der Waals surface area (Å²) >= 11 is 12.2. The van der Waals surface area contributed by atoms with E-state index < -0.39 is 0 Å². The van der Waals surface area contributed by atoms with Crippen molar-refractivity contribution < 1.29 is 0 Å². The summed E-state index contributed by atoms with van der Waals surface area (Å²) < 4.78 is 1.34. The molecule has 0 aliphatic heterocycles. The maximum Gasteiger partial charge on any atom is 0.269 e. The highest BCUT2D eigenvalue weighted by atomic mass is 35.5. The van der Waals surface area contributed by atoms with Crippen molar-refractivity contribution in [2.24, 2.45) is 5.92 Å². The Balaban J connectivity index is 2.20. The highest BCUT2D eigenvalue weighted by Gasteiger charge is 2.08. The van der Waals surface area contributed by atoms with Crippen LogP contribution in [0.3, 0.4) is 0 Å². The molecule has 6 heteroatoms. The van der Waals surface area contributed by atoms with Crippen LogP contribution >= 0.6 is 23.2 Å². The van der Waals surface area contributed by atoms with Crippen LogP contribution in [-0.2, 0) is 6.54 Å². The molecule has 1 N–H and O–H groups in total. The molecule has 0 aliphatic carbocycles. The first-order valence-electron chi connectivity index (χ1n) is 6.71. The Bertz CT molecular complexity index is 663. The first-order chi connectivity index (χ1) is 9.97. The quantitative estimate of drug-likeness (QED) is 0.912. The lowest BCUT2D eigenvalue weighted by Gasteiger charge is -2.11. The lowest BCUT2D eigenvalue weighted by Crippen LogP contribution is -2.24. The molecule has 0 radical (unpaired) electrons. The van der Waals surface area contributed by atoms with Gasteiger partial charge in [-0.3, -0.25) is 4.79 Å². The fourth-order valence-corrected chi connectivity index (χ4v) is 2.32. The van der Waals surface area contributed by atoms with Gasteiger partial charge in [0, 0.05) is 28.2 Å². The second-order valence-corrected chi connectivity index (χ2v) is 6.03. The van der Waals surface area contributed by atoms with Gasteiger partial charge in [0.1, 0.15) is 0 Å². The molecule has 1 heterocycles. The Morgan fingerprint density at radius 1 is 1.29 bits per heavy atom. The molecule has 21 heavy (non-hydrogen) atoms. The fourth-order valence-electron chi connectivity index (χ4n) is 1.80. The molecule has 0 saturated carbocycles. The van der Waals surface area contributed by atoms with Crippen LogP contribution in [0.15, 0.2) is 35.3 Å². The van der Waals surface area contributed by atoms with E-state index in [0.717, 1.165) is 12.2 Å². The number of anilines is 1. The number of hydrogen-bond acceptors (Lipinski definition) is 3. The summed E-state index contributed by atoms with van der Waals surface area (Å²) in [4.78, 5) is 12.1. The third-order valence-corrected chi connectivity index (χ3v) is 3.66. The van der Waals surface area contributed by atoms with E-state index in [-0.39, 0.29) is 12.1 Å². The molecule has 0 unspecified atom stereocenters. The minimum absolute atomic E-state index is 0.195. The lowest BCUT2D eigenvalue weighted by atomic mass is 10.2. The van der Waals surface area contributed by atoms with Crippen LogP contribution in [-0.4, -0.2) is 16.3 Å². The first kappa shape index (κ1) is 15.9. The molecule has 1 aromatic heterocycles. The highest BCUT2D eigenvalue weighted by molar-refractivity contribution is 6.35. The van der Waals surface area contributed by atoms with Crippen LogP contribution in [0.5, 0.6) is 0 Å². The number of halogens is 2. The van der Waals surface area contributed by atoms with E-state index in [1.54, 1.807) is 24.4 Å². The highest BCUT2D eigenvalue weighted by Crippen LogP contribution is 2.24. The van der Waals surface area contributed by atoms with Crippen LogP contribution in [0, 0.1) is 5.92 Å². The third-order valence-electron chi connectivity index (χ3n) is 2.95. The van der Waals surface area contributed by atoms with Gasteiger partial charge in [-0.05, 0) is 18.1 Å². The van der Waals surface area contributed by atoms with Gasteiger partial charge in [0.2, 0.25) is 0 Å². The first-order valence-corrected chi connectivity index (χ1v) is 7.47. The fraction of sp³-hybridized carbons (Fsp3) is 0.333. The van der Waals surface area contributed by atoms with Crippen LogP contribution in [0.25, 0.3) is 0 Å². The van der Waals surface area contributed by atoms with Gasteiger partial charge < -0.3 is 5.32 Å². The van der Waals surface area contributed by atoms with Gasteiger partial charge in [-0.1, -0.05) is 43.1 Å². The number of hydrogen-bond donors (Lipinski definition) is 1. The van der Waals surface area contributed by atoms with Crippen LogP contribution in [0.4, 0.5) is 5.69 Å². The SMILES string of the molecule is CC(C)CNc1cnn(Cc2c(Cl)cccc2Cl)c(=O)c1. The van der Waals surface area contributed by atoms with Crippen molar-refractivity contribution >= 4 is 28.9 Å². The molecule has 2 rings (SSSR count). The van der Waals surface area contributed by atoms with Crippen molar-refractivity contribution in [3.05, 3.63) is 56.4 Å². The molecule has 1 aromatic carbocycles. The zero-order chi connectivity index (χ0) is 15.4. The second kappa shape index (κ2) is 6.96. The molecule has 2 aromatic rings. The topological polar surface area (TPSA) is 46.9 Å². The summed E-state index contributed by atoms with van der Waals surface area (Å²) in [6.45, 7) is 5.24. The maximum atomic E-state index is 12.1. The molecule has 0 fully saturated rings. The van der Waals surface area contributed by atoms with Gasteiger partial charge in [-0.2, -0.15) is 5.10 Å². The van der Waals surface area contributed by atoms with E-state index in [4.69, 9.17) is 23.2 Å². The van der Waals surface area contributed by atoms with Gasteiger partial charge in [-0.25, -0.2) is 4.68 Å². The standard InChI is InChI=1S/C15H17Cl2N3O/c1-10(2)7-18-11-6-15(21)20(19-8-11)9-12-13(16)4-3-5-14(12)17/h3-6,8,10,18H,7,9H2,1-2H3. The van der Waals surface area contributed by atoms with Gasteiger partial charge in [0.25, 0.3) is 5.56 Å². The van der Waals surface area contributed by atoms with E-state index in [2.05, 4.69) is 24.3 Å². The van der Waals surface area contributed by atoms with Gasteiger partial charge in [0.05, 0.1) is 18.4 Å². The average Bonchev–Trinajstić information content (AvgIpc) is 2.42. The molecule has 0 aliphatic rings. The van der Waals surface area contributed by atoms with E-state index >= 15 is 0 Å². The van der Waals surface area contributed by atoms with E-state index in [1.165, 1.54) is 10.7 Å². The summed E-state index contributed by atoms with van der Waals surface area (Å²) in [5, 5.41) is 8.38. The molecule has 112 valence electrons. The van der Waals surface area contributed by atoms with Crippen molar-refractivity contribution in [2.75, 3.05) is 11.9 Å². The summed E-state index contributed by atoms with van der Waals surface area (Å²) in [6, 6.07) is 6.78. The second-order valence-electron chi connectivity index (χ2n) is 5.22. The van der Waals surface area contributed by atoms with Gasteiger partial charge in [0.15, 0.2) is 0 Å². The normalized spacial score (nSPS) is 10.9. The maximum absolute atomic E-state index is 12.1. The summed E-state index contributed by atoms with van der Waals surface area (Å²) in [5.41, 5.74) is 1.22. The van der Waals surface area contributed by atoms with E-state index in [9.17, 15) is 4.79 Å². The number of nitrogens with zero attached hydrogens (tertiary/aromatic N) is 2. The molecular weight excluding hydrogens is 309 g/mol. The minimum Gasteiger partial charge on any atom is -0.383 e. The third kappa shape index (κ3) is 4.22. The number of rotatable bonds is 5. The summed E-state index contributed by atoms with van der Waals surface area (Å²) in [6.07, 6.45) is 1.63. The monoisotopic (exact) mass is 325 g/mol. The zero-order valence-corrected chi connectivity index (χ0v) is 13.4. The molecule has 0 atom stereocenters. The zero-order valence-electron chi connectivity index (χ0n) is 11.9. The number of aromatic nitrogens is 2. The molecular formula is C15H17Cl2N3O. The molecule has 0 bridgehead atoms. The Morgan fingerprint density at radius 2 is 1.95 bits per heavy atom. The summed E-state index contributed by atoms with van der Waals surface area (Å²) in [7, 11) is 0. The van der Waals surface area contributed by atoms with E-state index in [0.29, 0.717) is 21.5 Å². The largest absolute Gasteiger partial charge is 0.383 e. The Hall–Kier alpha value is -1.52. The Morgan fingerprint density at radius 3 is 2.52 bits per heavy atom. The van der Waals surface area contributed by atoms with E-state index in [1.807, 2.05) is 0 Å². The van der Waals surface area contributed by atoms with Crippen molar-refractivity contribution in [1.29, 1.82) is 0 Å². The number of nitrogens with one attached hydrogen (secondary N) is 1. The molecule has 4 nitrogen and oxygen atoms in total. The van der Waals surface area contributed by atoms with Crippen LogP contribution < -0.4 is 10.9 Å². The van der Waals surface area contributed by atoms with Crippen molar-refractivity contribution in [1.82, 2.24) is 9.78 Å². The smallest absolute Gasteiger partial charge is 0.269 e. The van der Waals surface area contributed by atoms with Crippen molar-refractivity contribution in [3.63, 3.8) is 0 Å².